The third-order valence-corrected chi connectivity index (χ3v) is 6.02. The van der Waals surface area contributed by atoms with Crippen LogP contribution in [0.4, 0.5) is 11.8 Å². The van der Waals surface area contributed by atoms with Gasteiger partial charge >= 0.3 is 0 Å². The van der Waals surface area contributed by atoms with Crippen molar-refractivity contribution in [3.63, 3.8) is 0 Å². The maximum Gasteiger partial charge on any atom is 0.257 e. The second-order valence-electron chi connectivity index (χ2n) is 7.50. The molecule has 1 amide bonds. The van der Waals surface area contributed by atoms with E-state index in [0.29, 0.717) is 33.9 Å². The van der Waals surface area contributed by atoms with Gasteiger partial charge in [-0.1, -0.05) is 45.7 Å². The van der Waals surface area contributed by atoms with Gasteiger partial charge in [-0.25, -0.2) is 9.67 Å². The molecule has 3 heterocycles. The Bertz CT molecular complexity index is 1370. The Hall–Kier alpha value is -3.49. The number of amides is 1. The number of hydrogen-bond donors (Lipinski definition) is 2. The second kappa shape index (κ2) is 8.80. The van der Waals surface area contributed by atoms with E-state index in [1.54, 1.807) is 35.1 Å². The minimum atomic E-state index is -0.490. The number of carbonyl (C=O) groups is 1. The maximum atomic E-state index is 13.4. The Morgan fingerprint density at radius 2 is 1.94 bits per heavy atom. The summed E-state index contributed by atoms with van der Waals surface area (Å²) in [7, 11) is 0. The molecule has 0 saturated heterocycles. The predicted octanol–water partition coefficient (Wildman–Crippen LogP) is 5.68. The highest BCUT2D eigenvalue weighted by Gasteiger charge is 2.34. The van der Waals surface area contributed by atoms with Gasteiger partial charge in [-0.15, -0.1) is 5.10 Å². The lowest BCUT2D eigenvalue weighted by atomic mass is 9.95. The predicted molar refractivity (Wildman–Crippen MR) is 132 cm³/mol. The van der Waals surface area contributed by atoms with Crippen LogP contribution < -0.4 is 10.6 Å². The van der Waals surface area contributed by atoms with Gasteiger partial charge in [0.15, 0.2) is 5.82 Å². The van der Waals surface area contributed by atoms with E-state index in [0.717, 1.165) is 15.6 Å². The summed E-state index contributed by atoms with van der Waals surface area (Å²) in [6.45, 7) is 1.86. The van der Waals surface area contributed by atoms with E-state index >= 15 is 0 Å². The van der Waals surface area contributed by atoms with Crippen LogP contribution in [0, 0.1) is 0 Å². The summed E-state index contributed by atoms with van der Waals surface area (Å²) in [5, 5.41) is 11.5. The van der Waals surface area contributed by atoms with Gasteiger partial charge in [-0.3, -0.25) is 4.79 Å². The number of pyridine rings is 1. The van der Waals surface area contributed by atoms with Gasteiger partial charge in [0.2, 0.25) is 5.95 Å². The maximum absolute atomic E-state index is 13.4. The average Bonchev–Trinajstić information content (AvgIpc) is 3.22. The number of fused-ring (bicyclic) bond motifs is 1. The first-order chi connectivity index (χ1) is 16.0. The molecule has 4 aromatic rings. The molecule has 0 radical (unpaired) electrons. The third kappa shape index (κ3) is 4.27. The molecule has 164 valence electrons. The normalized spacial score (nSPS) is 15.1. The van der Waals surface area contributed by atoms with E-state index in [1.165, 1.54) is 0 Å². The first-order valence-electron chi connectivity index (χ1n) is 10.2. The first kappa shape index (κ1) is 21.4. The first-order valence-corrected chi connectivity index (χ1v) is 11.3. The van der Waals surface area contributed by atoms with Gasteiger partial charge in [0, 0.05) is 27.0 Å². The van der Waals surface area contributed by atoms with Crippen LogP contribution in [-0.4, -0.2) is 25.7 Å². The minimum Gasteiger partial charge on any atom is -0.328 e. The van der Waals surface area contributed by atoms with Crippen molar-refractivity contribution in [1.82, 2.24) is 19.7 Å². The largest absolute Gasteiger partial charge is 0.328 e. The molecule has 2 aromatic carbocycles. The molecule has 1 aliphatic rings. The van der Waals surface area contributed by atoms with Crippen molar-refractivity contribution in [2.75, 3.05) is 10.6 Å². The van der Waals surface area contributed by atoms with Crippen LogP contribution in [0.2, 0.25) is 5.02 Å². The molecule has 2 N–H and O–H groups in total. The molecule has 7 nitrogen and oxygen atoms in total. The van der Waals surface area contributed by atoms with Crippen LogP contribution in [0.25, 0.3) is 11.4 Å². The fourth-order valence-corrected chi connectivity index (χ4v) is 4.31. The number of aromatic nitrogens is 4. The molecular weight excluding hydrogens is 504 g/mol. The van der Waals surface area contributed by atoms with Crippen molar-refractivity contribution in [2.45, 2.75) is 13.0 Å². The number of hydrogen-bond acceptors (Lipinski definition) is 5. The summed E-state index contributed by atoms with van der Waals surface area (Å²) >= 11 is 9.58. The summed E-state index contributed by atoms with van der Waals surface area (Å²) < 4.78 is 2.65. The van der Waals surface area contributed by atoms with E-state index in [1.807, 2.05) is 49.4 Å². The molecule has 0 bridgehead atoms. The van der Waals surface area contributed by atoms with E-state index in [-0.39, 0.29) is 5.91 Å². The molecule has 0 spiro atoms. The monoisotopic (exact) mass is 520 g/mol. The molecule has 5 rings (SSSR count). The Morgan fingerprint density at radius 1 is 1.12 bits per heavy atom. The standard InChI is InChI=1S/C24H18BrClN6O/c1-14-20(23(33)29-19-7-2-3-12-27-19)21(16-5-4-6-17(25)13-16)32-24(28-14)30-22(31-32)15-8-10-18(26)11-9-15/h2-13,21H,1H3,(H,27,29,33)(H,28,30,31). The van der Waals surface area contributed by atoms with Crippen molar-refractivity contribution < 1.29 is 4.79 Å². The number of carbonyl (C=O) groups excluding carboxylic acids is 1. The summed E-state index contributed by atoms with van der Waals surface area (Å²) in [5.74, 6) is 1.30. The molecule has 0 saturated carbocycles. The van der Waals surface area contributed by atoms with Gasteiger partial charge in [0.1, 0.15) is 11.9 Å². The highest BCUT2D eigenvalue weighted by molar-refractivity contribution is 9.10. The lowest BCUT2D eigenvalue weighted by Crippen LogP contribution is -2.31. The molecule has 1 atom stereocenters. The van der Waals surface area contributed by atoms with Gasteiger partial charge in [0.05, 0.1) is 5.57 Å². The SMILES string of the molecule is CC1=C(C(=O)Nc2ccccn2)C(c2cccc(Br)c2)n2nc(-c3ccc(Cl)cc3)nc2N1. The van der Waals surface area contributed by atoms with Crippen molar-refractivity contribution >= 4 is 45.2 Å². The number of nitrogens with zero attached hydrogens (tertiary/aromatic N) is 4. The van der Waals surface area contributed by atoms with Crippen LogP contribution in [0.5, 0.6) is 0 Å². The molecule has 0 aliphatic carbocycles. The Labute approximate surface area is 203 Å². The molecular formula is C24H18BrClN6O. The Morgan fingerprint density at radius 3 is 2.67 bits per heavy atom. The Kier molecular flexibility index (Phi) is 5.70. The topological polar surface area (TPSA) is 84.7 Å². The van der Waals surface area contributed by atoms with Gasteiger partial charge < -0.3 is 10.6 Å². The molecule has 1 unspecified atom stereocenters. The molecule has 9 heteroatoms. The molecule has 1 aliphatic heterocycles. The summed E-state index contributed by atoms with van der Waals surface area (Å²) in [5.41, 5.74) is 2.94. The molecule has 33 heavy (non-hydrogen) atoms. The van der Waals surface area contributed by atoms with Gasteiger partial charge in [-0.05, 0) is 61.0 Å². The number of rotatable bonds is 4. The van der Waals surface area contributed by atoms with E-state index in [9.17, 15) is 4.79 Å². The summed E-state index contributed by atoms with van der Waals surface area (Å²) in [6, 6.07) is 20.0. The van der Waals surface area contributed by atoms with E-state index in [4.69, 9.17) is 16.7 Å². The third-order valence-electron chi connectivity index (χ3n) is 5.27. The summed E-state index contributed by atoms with van der Waals surface area (Å²) in [6.07, 6.45) is 1.63. The number of anilines is 2. The molecule has 2 aromatic heterocycles. The van der Waals surface area contributed by atoms with Crippen molar-refractivity contribution in [2.24, 2.45) is 0 Å². The fourth-order valence-electron chi connectivity index (χ4n) is 3.77. The van der Waals surface area contributed by atoms with E-state index < -0.39 is 6.04 Å². The van der Waals surface area contributed by atoms with Crippen LogP contribution >= 0.6 is 27.5 Å². The van der Waals surface area contributed by atoms with Crippen molar-refractivity contribution in [3.8, 4) is 11.4 Å². The zero-order valence-corrected chi connectivity index (χ0v) is 19.8. The van der Waals surface area contributed by atoms with Crippen molar-refractivity contribution in [3.05, 3.63) is 99.3 Å². The number of benzene rings is 2. The zero-order chi connectivity index (χ0) is 22.9. The van der Waals surface area contributed by atoms with Crippen LogP contribution in [-0.2, 0) is 4.79 Å². The highest BCUT2D eigenvalue weighted by atomic mass is 79.9. The quantitative estimate of drug-likeness (QED) is 0.361. The lowest BCUT2D eigenvalue weighted by Gasteiger charge is -2.28. The van der Waals surface area contributed by atoms with Gasteiger partial charge in [0.25, 0.3) is 5.91 Å². The molecule has 0 fully saturated rings. The fraction of sp³-hybridized carbons (Fsp3) is 0.0833. The van der Waals surface area contributed by atoms with Crippen LogP contribution in [0.3, 0.4) is 0 Å². The highest BCUT2D eigenvalue weighted by Crippen LogP contribution is 2.37. The Balaban J connectivity index is 1.61. The van der Waals surface area contributed by atoms with Crippen molar-refractivity contribution in [1.29, 1.82) is 0 Å². The number of nitrogens with one attached hydrogen (secondary N) is 2. The zero-order valence-electron chi connectivity index (χ0n) is 17.5. The summed E-state index contributed by atoms with van der Waals surface area (Å²) in [4.78, 5) is 22.3. The second-order valence-corrected chi connectivity index (χ2v) is 8.85. The number of allylic oxidation sites excluding steroid dienone is 1. The minimum absolute atomic E-state index is 0.266. The van der Waals surface area contributed by atoms with Gasteiger partial charge in [-0.2, -0.15) is 4.98 Å². The lowest BCUT2D eigenvalue weighted by molar-refractivity contribution is -0.113. The number of halogens is 2. The van der Waals surface area contributed by atoms with E-state index in [2.05, 4.69) is 36.5 Å². The smallest absolute Gasteiger partial charge is 0.257 e. The van der Waals surface area contributed by atoms with Crippen LogP contribution in [0.1, 0.15) is 18.5 Å². The van der Waals surface area contributed by atoms with Crippen LogP contribution in [0.15, 0.2) is 88.7 Å². The average molecular weight is 522 g/mol.